The number of rotatable bonds is 6. The molecule has 0 saturated heterocycles. The van der Waals surface area contributed by atoms with E-state index in [9.17, 15) is 20.0 Å². The Morgan fingerprint density at radius 1 is 1.12 bits per heavy atom. The normalized spacial score (nSPS) is 11.2. The summed E-state index contributed by atoms with van der Waals surface area (Å²) in [6, 6.07) is 17.7. The molecule has 0 saturated carbocycles. The van der Waals surface area contributed by atoms with Gasteiger partial charge in [-0.1, -0.05) is 29.8 Å². The molecule has 0 spiro atoms. The van der Waals surface area contributed by atoms with E-state index in [4.69, 9.17) is 16.3 Å². The zero-order valence-corrected chi connectivity index (χ0v) is 18.2. The lowest BCUT2D eigenvalue weighted by Crippen LogP contribution is -2.20. The van der Waals surface area contributed by atoms with Gasteiger partial charge in [-0.15, -0.1) is 0 Å². The van der Waals surface area contributed by atoms with Crippen LogP contribution in [0.3, 0.4) is 0 Å². The molecule has 0 aliphatic heterocycles. The summed E-state index contributed by atoms with van der Waals surface area (Å²) < 4.78 is 6.63. The predicted octanol–water partition coefficient (Wildman–Crippen LogP) is 5.41. The molecule has 1 heterocycles. The fourth-order valence-electron chi connectivity index (χ4n) is 3.45. The lowest BCUT2D eigenvalue weighted by Gasteiger charge is -2.14. The summed E-state index contributed by atoms with van der Waals surface area (Å²) in [5.74, 6) is 0.329. The van der Waals surface area contributed by atoms with Gasteiger partial charge in [-0.25, -0.2) is 4.57 Å². The van der Waals surface area contributed by atoms with Crippen LogP contribution in [-0.4, -0.2) is 27.4 Å². The summed E-state index contributed by atoms with van der Waals surface area (Å²) in [5.41, 5.74) is 0.333. The standard InChI is InChI=1S/C24H18ClN3O5/c1-2-33-17-10-8-16(9-11-17)27-23(29)19-6-4-3-5-18(19)20(24(27)30)14-26-15-7-12-21(25)22(13-15)28(31)32/h3-14,30H,2H2,1H3. The van der Waals surface area contributed by atoms with Gasteiger partial charge in [-0.3, -0.25) is 19.9 Å². The van der Waals surface area contributed by atoms with Crippen molar-refractivity contribution in [3.63, 3.8) is 0 Å². The second-order valence-electron chi connectivity index (χ2n) is 7.00. The first-order valence-electron chi connectivity index (χ1n) is 9.98. The van der Waals surface area contributed by atoms with Gasteiger partial charge in [0.05, 0.1) is 28.5 Å². The van der Waals surface area contributed by atoms with Crippen molar-refractivity contribution >= 4 is 40.0 Å². The predicted molar refractivity (Wildman–Crippen MR) is 128 cm³/mol. The van der Waals surface area contributed by atoms with E-state index in [0.717, 1.165) is 0 Å². The van der Waals surface area contributed by atoms with E-state index < -0.39 is 10.5 Å². The number of nitrogens with zero attached hydrogens (tertiary/aromatic N) is 3. The molecule has 0 unspecified atom stereocenters. The molecule has 0 fully saturated rings. The van der Waals surface area contributed by atoms with Gasteiger partial charge >= 0.3 is 0 Å². The molecule has 166 valence electrons. The lowest BCUT2D eigenvalue weighted by atomic mass is 10.1. The topological polar surface area (TPSA) is 107 Å². The van der Waals surface area contributed by atoms with Crippen LogP contribution < -0.4 is 10.3 Å². The number of nitro benzene ring substituents is 1. The molecule has 0 aliphatic rings. The minimum absolute atomic E-state index is 0.00343. The molecule has 33 heavy (non-hydrogen) atoms. The third-order valence-electron chi connectivity index (χ3n) is 4.98. The Balaban J connectivity index is 1.88. The number of hydrogen-bond acceptors (Lipinski definition) is 6. The van der Waals surface area contributed by atoms with Crippen LogP contribution in [0.4, 0.5) is 11.4 Å². The van der Waals surface area contributed by atoms with E-state index in [1.54, 1.807) is 48.5 Å². The number of aromatic nitrogens is 1. The molecule has 0 radical (unpaired) electrons. The highest BCUT2D eigenvalue weighted by molar-refractivity contribution is 6.32. The first-order chi connectivity index (χ1) is 15.9. The van der Waals surface area contributed by atoms with Crippen molar-refractivity contribution < 1.29 is 14.8 Å². The molecule has 9 heteroatoms. The molecule has 0 atom stereocenters. The van der Waals surface area contributed by atoms with E-state index in [0.29, 0.717) is 28.8 Å². The summed E-state index contributed by atoms with van der Waals surface area (Å²) in [4.78, 5) is 28.0. The number of pyridine rings is 1. The fourth-order valence-corrected chi connectivity index (χ4v) is 3.63. The fraction of sp³-hybridized carbons (Fsp3) is 0.0833. The number of benzene rings is 3. The average molecular weight is 464 g/mol. The Morgan fingerprint density at radius 3 is 2.48 bits per heavy atom. The number of fused-ring (bicyclic) bond motifs is 1. The highest BCUT2D eigenvalue weighted by atomic mass is 35.5. The molecular formula is C24H18ClN3O5. The SMILES string of the molecule is CCOc1ccc(-n2c(O)c(C=Nc3ccc(Cl)c([N+](=O)[O-])c3)c3ccccc3c2=O)cc1. The molecule has 0 bridgehead atoms. The van der Waals surface area contributed by atoms with Crippen molar-refractivity contribution in [2.24, 2.45) is 4.99 Å². The second-order valence-corrected chi connectivity index (χ2v) is 7.41. The van der Waals surface area contributed by atoms with Crippen molar-refractivity contribution in [2.45, 2.75) is 6.92 Å². The molecule has 4 rings (SSSR count). The first kappa shape index (κ1) is 22.0. The van der Waals surface area contributed by atoms with Gasteiger partial charge in [0.15, 0.2) is 0 Å². The third-order valence-corrected chi connectivity index (χ3v) is 5.30. The Bertz CT molecular complexity index is 1450. The maximum absolute atomic E-state index is 13.2. The molecule has 0 aliphatic carbocycles. The van der Waals surface area contributed by atoms with Gasteiger partial charge in [0.2, 0.25) is 5.88 Å². The Morgan fingerprint density at radius 2 is 1.82 bits per heavy atom. The smallest absolute Gasteiger partial charge is 0.290 e. The van der Waals surface area contributed by atoms with Crippen LogP contribution >= 0.6 is 11.6 Å². The van der Waals surface area contributed by atoms with Crippen LogP contribution in [0, 0.1) is 10.1 Å². The van der Waals surface area contributed by atoms with E-state index in [1.807, 2.05) is 6.92 Å². The second kappa shape index (κ2) is 9.13. The summed E-state index contributed by atoms with van der Waals surface area (Å²) in [6.45, 7) is 2.37. The van der Waals surface area contributed by atoms with Crippen molar-refractivity contribution in [3.05, 3.63) is 97.8 Å². The van der Waals surface area contributed by atoms with Crippen molar-refractivity contribution in [1.29, 1.82) is 0 Å². The van der Waals surface area contributed by atoms with E-state index >= 15 is 0 Å². The number of hydrogen-bond donors (Lipinski definition) is 1. The number of nitro groups is 1. The highest BCUT2D eigenvalue weighted by Gasteiger charge is 2.17. The van der Waals surface area contributed by atoms with E-state index in [2.05, 4.69) is 4.99 Å². The van der Waals surface area contributed by atoms with Crippen molar-refractivity contribution in [3.8, 4) is 17.3 Å². The molecule has 1 N–H and O–H groups in total. The van der Waals surface area contributed by atoms with Crippen LogP contribution in [0.2, 0.25) is 5.02 Å². The Labute approximate surface area is 193 Å². The largest absolute Gasteiger partial charge is 0.494 e. The van der Waals surface area contributed by atoms with Crippen LogP contribution in [0.15, 0.2) is 76.5 Å². The van der Waals surface area contributed by atoms with Gasteiger partial charge in [-0.05, 0) is 49.4 Å². The van der Waals surface area contributed by atoms with Crippen LogP contribution in [0.25, 0.3) is 16.5 Å². The zero-order chi connectivity index (χ0) is 23.5. The number of aromatic hydroxyl groups is 1. The summed E-state index contributed by atoms with van der Waals surface area (Å²) >= 11 is 5.87. The number of ether oxygens (including phenoxy) is 1. The van der Waals surface area contributed by atoms with Gasteiger partial charge in [0.1, 0.15) is 10.8 Å². The third kappa shape index (κ3) is 4.28. The summed E-state index contributed by atoms with van der Waals surface area (Å²) in [6.07, 6.45) is 1.37. The van der Waals surface area contributed by atoms with Crippen molar-refractivity contribution in [2.75, 3.05) is 6.61 Å². The van der Waals surface area contributed by atoms with Gasteiger partial charge in [-0.2, -0.15) is 0 Å². The maximum atomic E-state index is 13.2. The van der Waals surface area contributed by atoms with Crippen LogP contribution in [0.1, 0.15) is 12.5 Å². The van der Waals surface area contributed by atoms with Gasteiger partial charge in [0.25, 0.3) is 11.2 Å². The highest BCUT2D eigenvalue weighted by Crippen LogP contribution is 2.30. The molecule has 0 amide bonds. The summed E-state index contributed by atoms with van der Waals surface area (Å²) in [5, 5.41) is 23.1. The van der Waals surface area contributed by atoms with Crippen molar-refractivity contribution in [1.82, 2.24) is 4.57 Å². The summed E-state index contributed by atoms with van der Waals surface area (Å²) in [7, 11) is 0. The minimum Gasteiger partial charge on any atom is -0.494 e. The minimum atomic E-state index is -0.597. The Kier molecular flexibility index (Phi) is 6.10. The maximum Gasteiger partial charge on any atom is 0.290 e. The first-order valence-corrected chi connectivity index (χ1v) is 10.4. The molecular weight excluding hydrogens is 446 g/mol. The average Bonchev–Trinajstić information content (AvgIpc) is 2.81. The Hall–Kier alpha value is -4.17. The number of halogens is 1. The van der Waals surface area contributed by atoms with Gasteiger partial charge < -0.3 is 9.84 Å². The lowest BCUT2D eigenvalue weighted by molar-refractivity contribution is -0.384. The molecule has 4 aromatic rings. The quantitative estimate of drug-likeness (QED) is 0.234. The molecule has 3 aromatic carbocycles. The zero-order valence-electron chi connectivity index (χ0n) is 17.4. The number of aliphatic imine (C=N–C) groups is 1. The van der Waals surface area contributed by atoms with Crippen LogP contribution in [-0.2, 0) is 0 Å². The molecule has 1 aromatic heterocycles. The van der Waals surface area contributed by atoms with Gasteiger partial charge in [0, 0.05) is 23.1 Å². The van der Waals surface area contributed by atoms with E-state index in [1.165, 1.54) is 29.0 Å². The molecule has 8 nitrogen and oxygen atoms in total. The monoisotopic (exact) mass is 463 g/mol. The van der Waals surface area contributed by atoms with Crippen LogP contribution in [0.5, 0.6) is 11.6 Å². The van der Waals surface area contributed by atoms with E-state index in [-0.39, 0.29) is 27.8 Å².